The molecule has 2 aromatic carbocycles. The highest BCUT2D eigenvalue weighted by Gasteiger charge is 2.13. The number of hydrogen-bond acceptors (Lipinski definition) is 7. The van der Waals surface area contributed by atoms with Gasteiger partial charge in [0.1, 0.15) is 24.8 Å². The van der Waals surface area contributed by atoms with Crippen molar-refractivity contribution in [2.24, 2.45) is 16.7 Å². The van der Waals surface area contributed by atoms with Crippen molar-refractivity contribution in [3.63, 3.8) is 0 Å². The number of rotatable bonds is 11. The fraction of sp³-hybridized carbons (Fsp3) is 0.267. The molecule has 196 valence electrons. The highest BCUT2D eigenvalue weighted by molar-refractivity contribution is 7.17. The molecule has 4 N–H and O–H groups in total. The molecule has 2 heterocycles. The van der Waals surface area contributed by atoms with Gasteiger partial charge in [0.15, 0.2) is 0 Å². The lowest BCUT2D eigenvalue weighted by molar-refractivity contribution is 0.143. The normalized spacial score (nSPS) is 12.1. The SMILES string of the molecule is CC#CC(C/C(N)=N/N)c1ccc(OCc2ccc3scc(-c4cnc(OCCOC)cc4C)c3c2)cc1. The zero-order valence-electron chi connectivity index (χ0n) is 21.9. The average Bonchev–Trinajstić information content (AvgIpc) is 3.35. The Balaban J connectivity index is 1.47. The van der Waals surface area contributed by atoms with Gasteiger partial charge >= 0.3 is 0 Å². The zero-order chi connectivity index (χ0) is 26.9. The van der Waals surface area contributed by atoms with E-state index >= 15 is 0 Å². The lowest BCUT2D eigenvalue weighted by Gasteiger charge is -2.12. The topological polar surface area (TPSA) is 105 Å². The first-order chi connectivity index (χ1) is 18.5. The molecule has 38 heavy (non-hydrogen) atoms. The van der Waals surface area contributed by atoms with Gasteiger partial charge in [-0.1, -0.05) is 24.1 Å². The number of aromatic nitrogens is 1. The molecular weight excluding hydrogens is 496 g/mol. The van der Waals surface area contributed by atoms with Crippen LogP contribution in [0.2, 0.25) is 0 Å². The number of hydrazone groups is 1. The minimum atomic E-state index is -0.0651. The Morgan fingerprint density at radius 2 is 1.89 bits per heavy atom. The molecule has 0 fully saturated rings. The lowest BCUT2D eigenvalue weighted by atomic mass is 9.95. The van der Waals surface area contributed by atoms with E-state index in [4.69, 9.17) is 25.8 Å². The quantitative estimate of drug-likeness (QED) is 0.0655. The van der Waals surface area contributed by atoms with Crippen LogP contribution in [0.25, 0.3) is 21.2 Å². The third-order valence-corrected chi connectivity index (χ3v) is 7.10. The van der Waals surface area contributed by atoms with Gasteiger partial charge in [0.05, 0.1) is 12.5 Å². The van der Waals surface area contributed by atoms with Crippen LogP contribution < -0.4 is 21.1 Å². The number of nitrogens with zero attached hydrogens (tertiary/aromatic N) is 2. The Hall–Kier alpha value is -4.06. The maximum absolute atomic E-state index is 6.11. The summed E-state index contributed by atoms with van der Waals surface area (Å²) in [6.07, 6.45) is 2.37. The molecule has 0 bridgehead atoms. The summed E-state index contributed by atoms with van der Waals surface area (Å²) in [6.45, 7) is 5.34. The first-order valence-corrected chi connectivity index (χ1v) is 13.2. The van der Waals surface area contributed by atoms with Gasteiger partial charge in [0.2, 0.25) is 5.88 Å². The molecule has 0 spiro atoms. The van der Waals surface area contributed by atoms with Crippen molar-refractivity contribution < 1.29 is 14.2 Å². The summed E-state index contributed by atoms with van der Waals surface area (Å²) in [5, 5.41) is 6.94. The van der Waals surface area contributed by atoms with Crippen LogP contribution in [0.1, 0.15) is 36.0 Å². The van der Waals surface area contributed by atoms with E-state index in [0.29, 0.717) is 38.0 Å². The van der Waals surface area contributed by atoms with Gasteiger partial charge in [-0.3, -0.25) is 0 Å². The fourth-order valence-corrected chi connectivity index (χ4v) is 5.09. The number of nitrogens with two attached hydrogens (primary N) is 2. The smallest absolute Gasteiger partial charge is 0.213 e. The molecular formula is C30H32N4O3S. The van der Waals surface area contributed by atoms with Crippen LogP contribution >= 0.6 is 11.3 Å². The second-order valence-corrected chi connectivity index (χ2v) is 9.70. The minimum Gasteiger partial charge on any atom is -0.489 e. The highest BCUT2D eigenvalue weighted by atomic mass is 32.1. The number of thiophene rings is 1. The molecule has 4 aromatic rings. The van der Waals surface area contributed by atoms with Crippen molar-refractivity contribution in [2.75, 3.05) is 20.3 Å². The van der Waals surface area contributed by atoms with Crippen LogP contribution in [0.5, 0.6) is 11.6 Å². The number of benzene rings is 2. The molecule has 0 aliphatic rings. The van der Waals surface area contributed by atoms with E-state index in [1.807, 2.05) is 43.5 Å². The largest absolute Gasteiger partial charge is 0.489 e. The van der Waals surface area contributed by atoms with E-state index in [2.05, 4.69) is 52.4 Å². The molecule has 0 radical (unpaired) electrons. The Labute approximate surface area is 227 Å². The Kier molecular flexibility index (Phi) is 9.20. The summed E-state index contributed by atoms with van der Waals surface area (Å²) in [5.41, 5.74) is 11.3. The highest BCUT2D eigenvalue weighted by Crippen LogP contribution is 2.36. The van der Waals surface area contributed by atoms with Gasteiger partial charge in [0.25, 0.3) is 0 Å². The first kappa shape index (κ1) is 27.0. The number of fused-ring (bicyclic) bond motifs is 1. The molecule has 4 rings (SSSR count). The van der Waals surface area contributed by atoms with E-state index in [0.717, 1.165) is 33.6 Å². The molecule has 0 saturated heterocycles. The van der Waals surface area contributed by atoms with Gasteiger partial charge in [-0.15, -0.1) is 17.3 Å². The predicted molar refractivity (Wildman–Crippen MR) is 155 cm³/mol. The van der Waals surface area contributed by atoms with Crippen LogP contribution in [-0.2, 0) is 11.3 Å². The maximum Gasteiger partial charge on any atom is 0.213 e. The summed E-state index contributed by atoms with van der Waals surface area (Å²) >= 11 is 1.72. The second kappa shape index (κ2) is 13.0. The van der Waals surface area contributed by atoms with Crippen molar-refractivity contribution in [3.05, 3.63) is 76.8 Å². The van der Waals surface area contributed by atoms with Gasteiger partial charge < -0.3 is 25.8 Å². The predicted octanol–water partition coefficient (Wildman–Crippen LogP) is 5.60. The van der Waals surface area contributed by atoms with Gasteiger partial charge in [0, 0.05) is 47.0 Å². The molecule has 0 aliphatic carbocycles. The van der Waals surface area contributed by atoms with E-state index < -0.39 is 0 Å². The van der Waals surface area contributed by atoms with Crippen molar-refractivity contribution in [3.8, 4) is 34.6 Å². The van der Waals surface area contributed by atoms with Crippen LogP contribution in [0.3, 0.4) is 0 Å². The standard InChI is InChI=1S/C30H32N4O3S/c1-4-5-23(16-29(31)34-32)22-7-9-24(10-8-22)37-18-21-6-11-28-25(15-21)27(19-38-28)26-17-33-30(14-20(26)2)36-13-12-35-3/h6-11,14-15,17,19,23H,12-13,16,18,32H2,1-3H3,(H2,31,34). The number of pyridine rings is 1. The van der Waals surface area contributed by atoms with Crippen LogP contribution in [0, 0.1) is 18.8 Å². The Bertz CT molecular complexity index is 1470. The van der Waals surface area contributed by atoms with E-state index in [1.165, 1.54) is 10.1 Å². The number of amidine groups is 1. The Morgan fingerprint density at radius 3 is 2.61 bits per heavy atom. The number of aryl methyl sites for hydroxylation is 1. The third kappa shape index (κ3) is 6.62. The van der Waals surface area contributed by atoms with E-state index in [9.17, 15) is 0 Å². The monoisotopic (exact) mass is 528 g/mol. The van der Waals surface area contributed by atoms with Crippen molar-refractivity contribution in [1.82, 2.24) is 4.98 Å². The summed E-state index contributed by atoms with van der Waals surface area (Å²) in [7, 11) is 1.65. The fourth-order valence-electron chi connectivity index (χ4n) is 4.15. The van der Waals surface area contributed by atoms with E-state index in [1.54, 1.807) is 18.4 Å². The molecule has 8 heteroatoms. The molecule has 0 aliphatic heterocycles. The van der Waals surface area contributed by atoms with Gasteiger partial charge in [-0.2, -0.15) is 5.10 Å². The van der Waals surface area contributed by atoms with Gasteiger partial charge in [-0.05, 0) is 60.2 Å². The molecule has 1 atom stereocenters. The molecule has 0 saturated carbocycles. The summed E-state index contributed by atoms with van der Waals surface area (Å²) in [6, 6.07) is 16.3. The van der Waals surface area contributed by atoms with Crippen molar-refractivity contribution >= 4 is 27.3 Å². The summed E-state index contributed by atoms with van der Waals surface area (Å²) < 4.78 is 18.0. The average molecular weight is 529 g/mol. The van der Waals surface area contributed by atoms with Crippen LogP contribution in [0.15, 0.2) is 65.2 Å². The third-order valence-electron chi connectivity index (χ3n) is 6.14. The maximum atomic E-state index is 6.11. The molecule has 2 aromatic heterocycles. The Morgan fingerprint density at radius 1 is 1.08 bits per heavy atom. The number of methoxy groups -OCH3 is 1. The summed E-state index contributed by atoms with van der Waals surface area (Å²) in [5.74, 6) is 13.1. The van der Waals surface area contributed by atoms with Crippen LogP contribution in [-0.4, -0.2) is 31.1 Å². The van der Waals surface area contributed by atoms with Crippen molar-refractivity contribution in [2.45, 2.75) is 32.8 Å². The van der Waals surface area contributed by atoms with Crippen molar-refractivity contribution in [1.29, 1.82) is 0 Å². The number of hydrogen-bond donors (Lipinski definition) is 2. The van der Waals surface area contributed by atoms with E-state index in [-0.39, 0.29) is 5.92 Å². The molecule has 7 nitrogen and oxygen atoms in total. The van der Waals surface area contributed by atoms with Gasteiger partial charge in [-0.25, -0.2) is 4.98 Å². The molecule has 0 amide bonds. The first-order valence-electron chi connectivity index (χ1n) is 12.3. The second-order valence-electron chi connectivity index (χ2n) is 8.79. The zero-order valence-corrected chi connectivity index (χ0v) is 22.7. The molecule has 1 unspecified atom stereocenters. The number of ether oxygens (including phenoxy) is 3. The van der Waals surface area contributed by atoms with Crippen LogP contribution in [0.4, 0.5) is 0 Å². The lowest BCUT2D eigenvalue weighted by Crippen LogP contribution is -2.17. The minimum absolute atomic E-state index is 0.0651. The summed E-state index contributed by atoms with van der Waals surface area (Å²) in [4.78, 5) is 4.50.